The van der Waals surface area contributed by atoms with E-state index in [2.05, 4.69) is 16.0 Å². The van der Waals surface area contributed by atoms with Gasteiger partial charge in [-0.05, 0) is 55.3 Å². The van der Waals surface area contributed by atoms with E-state index in [4.69, 9.17) is 11.6 Å². The van der Waals surface area contributed by atoms with E-state index in [0.29, 0.717) is 42.5 Å². The molecule has 3 N–H and O–H groups in total. The van der Waals surface area contributed by atoms with E-state index >= 15 is 0 Å². The number of carbonyl (C=O) groups excluding carboxylic acids is 3. The Morgan fingerprint density at radius 1 is 1.09 bits per heavy atom. The molecule has 0 aliphatic carbocycles. The van der Waals surface area contributed by atoms with E-state index in [1.165, 1.54) is 18.2 Å². The van der Waals surface area contributed by atoms with Crippen molar-refractivity contribution in [1.82, 2.24) is 15.1 Å². The number of anilines is 2. The van der Waals surface area contributed by atoms with Crippen LogP contribution in [0.5, 0.6) is 0 Å². The van der Waals surface area contributed by atoms with Crippen LogP contribution in [-0.4, -0.2) is 59.5 Å². The van der Waals surface area contributed by atoms with E-state index in [1.54, 1.807) is 40.1 Å². The highest BCUT2D eigenvalue weighted by molar-refractivity contribution is 6.30. The molecule has 0 saturated carbocycles. The molecule has 3 atom stereocenters. The Bertz CT molecular complexity index is 1050. The molecule has 5 amide bonds. The number of amides is 5. The third-order valence-electron chi connectivity index (χ3n) is 6.14. The highest BCUT2D eigenvalue weighted by atomic mass is 35.5. The molecule has 1 fully saturated rings. The van der Waals surface area contributed by atoms with Crippen molar-refractivity contribution in [3.8, 4) is 0 Å². The summed E-state index contributed by atoms with van der Waals surface area (Å²) in [6.45, 7) is 6.76. The Labute approximate surface area is 209 Å². The second-order valence-corrected chi connectivity index (χ2v) is 9.17. The summed E-state index contributed by atoms with van der Waals surface area (Å²) in [4.78, 5) is 42.0. The number of piperazine rings is 1. The van der Waals surface area contributed by atoms with Crippen LogP contribution in [0.25, 0.3) is 0 Å². The van der Waals surface area contributed by atoms with Crippen molar-refractivity contribution < 1.29 is 18.8 Å². The molecule has 8 nitrogen and oxygen atoms in total. The molecule has 1 aliphatic heterocycles. The first-order valence-corrected chi connectivity index (χ1v) is 12.0. The van der Waals surface area contributed by atoms with Crippen LogP contribution in [0.3, 0.4) is 0 Å². The standard InChI is InChI=1S/C25H31ClFN5O3/c1-4-16(2)22(30-24(34)28-21-7-5-6-19(27)14-21)23(33)31-12-13-32(17(3)15-31)25(35)29-20-10-8-18(26)9-11-20/h5-11,14,16-17,22H,4,12-13,15H2,1-3H3,(H,29,35)(H2,28,30,34). The van der Waals surface area contributed by atoms with Gasteiger partial charge in [0.05, 0.1) is 0 Å². The average molecular weight is 504 g/mol. The van der Waals surface area contributed by atoms with Gasteiger partial charge < -0.3 is 25.8 Å². The molecule has 0 bridgehead atoms. The van der Waals surface area contributed by atoms with Gasteiger partial charge in [-0.3, -0.25) is 4.79 Å². The Hall–Kier alpha value is -3.33. The molecule has 2 aromatic carbocycles. The van der Waals surface area contributed by atoms with Crippen LogP contribution in [0.15, 0.2) is 48.5 Å². The van der Waals surface area contributed by atoms with Gasteiger partial charge in [0.1, 0.15) is 11.9 Å². The zero-order chi connectivity index (χ0) is 25.5. The van der Waals surface area contributed by atoms with Crippen LogP contribution in [0.2, 0.25) is 5.02 Å². The maximum Gasteiger partial charge on any atom is 0.322 e. The lowest BCUT2D eigenvalue weighted by Crippen LogP contribution is -2.60. The van der Waals surface area contributed by atoms with E-state index in [-0.39, 0.29) is 23.9 Å². The summed E-state index contributed by atoms with van der Waals surface area (Å²) in [5.41, 5.74) is 0.933. The summed E-state index contributed by atoms with van der Waals surface area (Å²) in [5, 5.41) is 8.76. The molecular formula is C25H31ClFN5O3. The predicted molar refractivity (Wildman–Crippen MR) is 135 cm³/mol. The fourth-order valence-corrected chi connectivity index (χ4v) is 4.07. The maximum atomic E-state index is 13.4. The first-order chi connectivity index (χ1) is 16.7. The summed E-state index contributed by atoms with van der Waals surface area (Å²) in [5.74, 6) is -0.801. The number of urea groups is 2. The smallest absolute Gasteiger partial charge is 0.322 e. The van der Waals surface area contributed by atoms with E-state index in [0.717, 1.165) is 0 Å². The van der Waals surface area contributed by atoms with Gasteiger partial charge in [-0.15, -0.1) is 0 Å². The van der Waals surface area contributed by atoms with Crippen molar-refractivity contribution in [1.29, 1.82) is 0 Å². The highest BCUT2D eigenvalue weighted by Crippen LogP contribution is 2.19. The van der Waals surface area contributed by atoms with Crippen molar-refractivity contribution >= 4 is 40.9 Å². The van der Waals surface area contributed by atoms with Crippen molar-refractivity contribution in [2.24, 2.45) is 5.92 Å². The number of halogens is 2. The van der Waals surface area contributed by atoms with Gasteiger partial charge in [-0.2, -0.15) is 0 Å². The first-order valence-electron chi connectivity index (χ1n) is 11.6. The van der Waals surface area contributed by atoms with E-state index < -0.39 is 17.9 Å². The van der Waals surface area contributed by atoms with Crippen molar-refractivity contribution in [2.75, 3.05) is 30.3 Å². The molecule has 0 aromatic heterocycles. The second-order valence-electron chi connectivity index (χ2n) is 8.74. The molecule has 0 radical (unpaired) electrons. The molecular weight excluding hydrogens is 473 g/mol. The summed E-state index contributed by atoms with van der Waals surface area (Å²) < 4.78 is 13.4. The SMILES string of the molecule is CCC(C)C(NC(=O)Nc1cccc(F)c1)C(=O)N1CCN(C(=O)Nc2ccc(Cl)cc2)C(C)C1. The molecule has 10 heteroatoms. The number of nitrogens with zero attached hydrogens (tertiary/aromatic N) is 2. The lowest BCUT2D eigenvalue weighted by Gasteiger charge is -2.41. The molecule has 2 aromatic rings. The molecule has 188 valence electrons. The third-order valence-corrected chi connectivity index (χ3v) is 6.40. The van der Waals surface area contributed by atoms with Crippen LogP contribution in [0.1, 0.15) is 27.2 Å². The van der Waals surface area contributed by atoms with Crippen LogP contribution < -0.4 is 16.0 Å². The molecule has 3 unspecified atom stereocenters. The summed E-state index contributed by atoms with van der Waals surface area (Å²) in [6.07, 6.45) is 0.676. The third kappa shape index (κ3) is 7.08. The number of nitrogens with one attached hydrogen (secondary N) is 3. The van der Waals surface area contributed by atoms with Gasteiger partial charge in [0.2, 0.25) is 5.91 Å². The largest absolute Gasteiger partial charge is 0.337 e. The Kier molecular flexibility index (Phi) is 8.92. The van der Waals surface area contributed by atoms with Gasteiger partial charge in [-0.1, -0.05) is 37.9 Å². The molecule has 1 heterocycles. The number of carbonyl (C=O) groups is 3. The molecule has 0 spiro atoms. The number of benzene rings is 2. The molecule has 1 aliphatic rings. The van der Waals surface area contributed by atoms with Gasteiger partial charge in [0, 0.05) is 42.1 Å². The van der Waals surface area contributed by atoms with Crippen molar-refractivity contribution in [3.63, 3.8) is 0 Å². The summed E-state index contributed by atoms with van der Waals surface area (Å²) >= 11 is 5.90. The monoisotopic (exact) mass is 503 g/mol. The molecule has 35 heavy (non-hydrogen) atoms. The molecule has 1 saturated heterocycles. The van der Waals surface area contributed by atoms with Crippen molar-refractivity contribution in [2.45, 2.75) is 39.3 Å². The van der Waals surface area contributed by atoms with Crippen LogP contribution in [-0.2, 0) is 4.79 Å². The fraction of sp³-hybridized carbons (Fsp3) is 0.400. The van der Waals surface area contributed by atoms with Gasteiger partial charge in [-0.25, -0.2) is 14.0 Å². The number of hydrogen-bond acceptors (Lipinski definition) is 3. The van der Waals surface area contributed by atoms with Crippen LogP contribution >= 0.6 is 11.6 Å². The Balaban J connectivity index is 1.61. The normalized spacial score (nSPS) is 17.3. The summed E-state index contributed by atoms with van der Waals surface area (Å²) in [7, 11) is 0. The minimum Gasteiger partial charge on any atom is -0.337 e. The maximum absolute atomic E-state index is 13.4. The van der Waals surface area contributed by atoms with Crippen molar-refractivity contribution in [3.05, 3.63) is 59.4 Å². The van der Waals surface area contributed by atoms with Crippen LogP contribution in [0, 0.1) is 11.7 Å². The quantitative estimate of drug-likeness (QED) is 0.529. The first kappa shape index (κ1) is 26.3. The highest BCUT2D eigenvalue weighted by Gasteiger charge is 2.35. The van der Waals surface area contributed by atoms with Crippen LogP contribution in [0.4, 0.5) is 25.4 Å². The number of rotatable bonds is 6. The zero-order valence-corrected chi connectivity index (χ0v) is 20.8. The van der Waals surface area contributed by atoms with Gasteiger partial charge in [0.25, 0.3) is 0 Å². The second kappa shape index (κ2) is 11.9. The minimum atomic E-state index is -0.754. The van der Waals surface area contributed by atoms with E-state index in [9.17, 15) is 18.8 Å². The minimum absolute atomic E-state index is 0.123. The van der Waals surface area contributed by atoms with Gasteiger partial charge in [0.15, 0.2) is 0 Å². The molecule has 3 rings (SSSR count). The average Bonchev–Trinajstić information content (AvgIpc) is 2.83. The number of hydrogen-bond donors (Lipinski definition) is 3. The van der Waals surface area contributed by atoms with Gasteiger partial charge >= 0.3 is 12.1 Å². The lowest BCUT2D eigenvalue weighted by atomic mass is 9.97. The zero-order valence-electron chi connectivity index (χ0n) is 20.1. The topological polar surface area (TPSA) is 93.8 Å². The Morgan fingerprint density at radius 2 is 1.80 bits per heavy atom. The van der Waals surface area contributed by atoms with E-state index in [1.807, 2.05) is 20.8 Å². The summed E-state index contributed by atoms with van der Waals surface area (Å²) in [6, 6.07) is 10.6. The Morgan fingerprint density at radius 3 is 2.43 bits per heavy atom. The lowest BCUT2D eigenvalue weighted by molar-refractivity contribution is -0.136. The predicted octanol–water partition coefficient (Wildman–Crippen LogP) is 4.78. The fourth-order valence-electron chi connectivity index (χ4n) is 3.94.